The number of nitrogens with two attached hydrogens (primary N) is 2. The highest BCUT2D eigenvalue weighted by molar-refractivity contribution is 6.00. The summed E-state index contributed by atoms with van der Waals surface area (Å²) in [5.74, 6) is -0.135. The summed E-state index contributed by atoms with van der Waals surface area (Å²) in [5.41, 5.74) is 16.6. The molecule has 2 atom stereocenters. The molecule has 0 radical (unpaired) electrons. The zero-order valence-corrected chi connectivity index (χ0v) is 18.7. The monoisotopic (exact) mass is 438 g/mol. The number of alkyl halides is 1. The number of halogens is 1. The minimum Gasteiger partial charge on any atom is -0.397 e. The summed E-state index contributed by atoms with van der Waals surface area (Å²) in [6.45, 7) is 6.31. The molecule has 2 aliphatic heterocycles. The summed E-state index contributed by atoms with van der Waals surface area (Å²) >= 11 is 0. The summed E-state index contributed by atoms with van der Waals surface area (Å²) < 4.78 is 13.7. The molecule has 2 unspecified atom stereocenters. The second-order valence-electron chi connectivity index (χ2n) is 8.91. The average molecular weight is 439 g/mol. The van der Waals surface area contributed by atoms with Crippen molar-refractivity contribution in [1.29, 1.82) is 5.41 Å². The van der Waals surface area contributed by atoms with Gasteiger partial charge >= 0.3 is 0 Å². The van der Waals surface area contributed by atoms with Crippen molar-refractivity contribution in [1.82, 2.24) is 14.8 Å². The number of fused-ring (bicyclic) bond motifs is 1. The van der Waals surface area contributed by atoms with Gasteiger partial charge in [-0.15, -0.1) is 0 Å². The fourth-order valence-electron chi connectivity index (χ4n) is 4.69. The lowest BCUT2D eigenvalue weighted by atomic mass is 10.0. The van der Waals surface area contributed by atoms with E-state index in [1.165, 1.54) is 0 Å². The molecule has 3 heterocycles. The lowest BCUT2D eigenvalue weighted by Crippen LogP contribution is -2.33. The van der Waals surface area contributed by atoms with E-state index in [9.17, 15) is 9.18 Å². The van der Waals surface area contributed by atoms with Gasteiger partial charge in [-0.2, -0.15) is 0 Å². The lowest BCUT2D eigenvalue weighted by molar-refractivity contribution is 0.0709. The third kappa shape index (κ3) is 4.19. The van der Waals surface area contributed by atoms with E-state index in [1.54, 1.807) is 0 Å². The van der Waals surface area contributed by atoms with Crippen molar-refractivity contribution < 1.29 is 9.18 Å². The maximum absolute atomic E-state index is 13.7. The maximum Gasteiger partial charge on any atom is 0.254 e. The largest absolute Gasteiger partial charge is 0.397 e. The van der Waals surface area contributed by atoms with Gasteiger partial charge in [-0.25, -0.2) is 9.37 Å². The molecule has 0 saturated carbocycles. The van der Waals surface area contributed by atoms with Gasteiger partial charge in [-0.3, -0.25) is 15.1 Å². The summed E-state index contributed by atoms with van der Waals surface area (Å²) in [6, 6.07) is 7.80. The van der Waals surface area contributed by atoms with Crippen LogP contribution in [0.3, 0.4) is 0 Å². The van der Waals surface area contributed by atoms with Gasteiger partial charge < -0.3 is 16.4 Å². The van der Waals surface area contributed by atoms with Crippen LogP contribution >= 0.6 is 0 Å². The minimum absolute atomic E-state index is 0.0673. The fraction of sp³-hybridized carbons (Fsp3) is 0.458. The second-order valence-corrected chi connectivity index (χ2v) is 8.91. The molecule has 0 aliphatic carbocycles. The molecule has 2 aliphatic rings. The molecule has 170 valence electrons. The Balaban J connectivity index is 1.68. The maximum atomic E-state index is 13.7. The van der Waals surface area contributed by atoms with Crippen molar-refractivity contribution in [3.8, 4) is 11.3 Å². The predicted molar refractivity (Wildman–Crippen MR) is 124 cm³/mol. The third-order valence-electron chi connectivity index (χ3n) is 6.48. The summed E-state index contributed by atoms with van der Waals surface area (Å²) in [4.78, 5) is 21.3. The number of aromatic nitrogens is 1. The Morgan fingerprint density at radius 3 is 2.81 bits per heavy atom. The molecular formula is C24H31FN6O. The Kier molecular flexibility index (Phi) is 6.15. The SMILES string of the molecule is CCCC(C)N1Cc2cc(-c3cc(CN4CCC(F)C4)c(N)c(C(=N)N)n3)ccc2C1=O. The van der Waals surface area contributed by atoms with Crippen LogP contribution in [0.5, 0.6) is 0 Å². The van der Waals surface area contributed by atoms with Crippen molar-refractivity contribution >= 4 is 17.4 Å². The first-order valence-electron chi connectivity index (χ1n) is 11.2. The molecule has 1 amide bonds. The van der Waals surface area contributed by atoms with E-state index in [0.717, 1.165) is 35.1 Å². The van der Waals surface area contributed by atoms with Crippen LogP contribution in [-0.2, 0) is 13.1 Å². The van der Waals surface area contributed by atoms with Gasteiger partial charge in [0, 0.05) is 43.3 Å². The first-order chi connectivity index (χ1) is 15.3. The van der Waals surface area contributed by atoms with E-state index in [4.69, 9.17) is 16.9 Å². The van der Waals surface area contributed by atoms with E-state index in [-0.39, 0.29) is 23.5 Å². The van der Waals surface area contributed by atoms with Gasteiger partial charge in [0.05, 0.1) is 11.4 Å². The number of nitrogens with one attached hydrogen (secondary N) is 1. The number of nitrogens with zero attached hydrogens (tertiary/aromatic N) is 3. The Labute approximate surface area is 188 Å². The van der Waals surface area contributed by atoms with Crippen LogP contribution in [0.2, 0.25) is 0 Å². The van der Waals surface area contributed by atoms with Gasteiger partial charge in [0.1, 0.15) is 17.7 Å². The van der Waals surface area contributed by atoms with Crippen LogP contribution in [0.4, 0.5) is 10.1 Å². The molecule has 8 heteroatoms. The van der Waals surface area contributed by atoms with Crippen LogP contribution < -0.4 is 11.5 Å². The van der Waals surface area contributed by atoms with Gasteiger partial charge in [0.25, 0.3) is 5.91 Å². The molecule has 4 rings (SSSR count). The number of amidine groups is 1. The topological polar surface area (TPSA) is 112 Å². The number of carbonyl (C=O) groups excluding carboxylic acids is 1. The number of hydrogen-bond donors (Lipinski definition) is 3. The number of hydrogen-bond acceptors (Lipinski definition) is 5. The van der Waals surface area contributed by atoms with Crippen LogP contribution in [0, 0.1) is 5.41 Å². The lowest BCUT2D eigenvalue weighted by Gasteiger charge is -2.23. The van der Waals surface area contributed by atoms with Crippen molar-refractivity contribution in [3.05, 3.63) is 46.6 Å². The number of pyridine rings is 1. The second kappa shape index (κ2) is 8.86. The predicted octanol–water partition coefficient (Wildman–Crippen LogP) is 3.30. The molecule has 1 aromatic carbocycles. The van der Waals surface area contributed by atoms with Crippen molar-refractivity contribution in [2.45, 2.75) is 58.4 Å². The molecule has 2 aromatic rings. The highest BCUT2D eigenvalue weighted by atomic mass is 19.1. The summed E-state index contributed by atoms with van der Waals surface area (Å²) in [6.07, 6.45) is 1.69. The highest BCUT2D eigenvalue weighted by Crippen LogP contribution is 2.32. The van der Waals surface area contributed by atoms with Crippen molar-refractivity contribution in [2.24, 2.45) is 5.73 Å². The minimum atomic E-state index is -0.822. The summed E-state index contributed by atoms with van der Waals surface area (Å²) in [7, 11) is 0. The Morgan fingerprint density at radius 1 is 1.38 bits per heavy atom. The van der Waals surface area contributed by atoms with E-state index in [2.05, 4.69) is 18.8 Å². The van der Waals surface area contributed by atoms with Crippen LogP contribution in [0.1, 0.15) is 60.3 Å². The highest BCUT2D eigenvalue weighted by Gasteiger charge is 2.31. The van der Waals surface area contributed by atoms with Gasteiger partial charge in [-0.1, -0.05) is 19.4 Å². The van der Waals surface area contributed by atoms with Gasteiger partial charge in [0.2, 0.25) is 0 Å². The molecule has 1 fully saturated rings. The molecular weight excluding hydrogens is 407 g/mol. The smallest absolute Gasteiger partial charge is 0.254 e. The molecule has 5 N–H and O–H groups in total. The number of benzene rings is 1. The van der Waals surface area contributed by atoms with Crippen molar-refractivity contribution in [3.63, 3.8) is 0 Å². The standard InChI is InChI=1S/C24H31FN6O/c1-3-4-14(2)31-12-16-9-15(5-6-19(16)24(31)32)20-10-17(11-30-8-7-18(25)13-30)21(26)22(29-20)23(27)28/h5-6,9-10,14,18H,3-4,7-8,11-13,26H2,1-2H3,(H3,27,28). The third-order valence-corrected chi connectivity index (χ3v) is 6.48. The Morgan fingerprint density at radius 2 is 2.16 bits per heavy atom. The van der Waals surface area contributed by atoms with Crippen molar-refractivity contribution in [2.75, 3.05) is 18.8 Å². The first kappa shape index (κ1) is 22.2. The molecule has 32 heavy (non-hydrogen) atoms. The quantitative estimate of drug-likeness (QED) is 0.454. The number of likely N-dealkylation sites (tertiary alicyclic amines) is 1. The van der Waals surface area contributed by atoms with Crippen LogP contribution in [0.15, 0.2) is 24.3 Å². The number of amides is 1. The number of nitrogen functional groups attached to an aromatic ring is 2. The van der Waals surface area contributed by atoms with Gasteiger partial charge in [-0.05, 0) is 49.1 Å². The summed E-state index contributed by atoms with van der Waals surface area (Å²) in [5, 5.41) is 7.92. The van der Waals surface area contributed by atoms with E-state index >= 15 is 0 Å². The Bertz CT molecular complexity index is 1060. The molecule has 1 aromatic heterocycles. The van der Waals surface area contributed by atoms with E-state index in [0.29, 0.717) is 44.0 Å². The fourth-order valence-corrected chi connectivity index (χ4v) is 4.69. The normalized spacial score (nSPS) is 19.4. The van der Waals surface area contributed by atoms with Gasteiger partial charge in [0.15, 0.2) is 0 Å². The number of anilines is 1. The molecule has 1 saturated heterocycles. The molecule has 7 nitrogen and oxygen atoms in total. The molecule has 0 spiro atoms. The first-order valence-corrected chi connectivity index (χ1v) is 11.2. The molecule has 0 bridgehead atoms. The number of carbonyl (C=O) groups is 1. The van der Waals surface area contributed by atoms with E-state index in [1.807, 2.05) is 34.1 Å². The Hall–Kier alpha value is -3.00. The zero-order valence-electron chi connectivity index (χ0n) is 18.7. The average Bonchev–Trinajstić information content (AvgIpc) is 3.31. The zero-order chi connectivity index (χ0) is 23.0. The number of rotatable bonds is 7. The van der Waals surface area contributed by atoms with Crippen LogP contribution in [0.25, 0.3) is 11.3 Å². The van der Waals surface area contributed by atoms with Crippen LogP contribution in [-0.4, -0.2) is 51.8 Å². The van der Waals surface area contributed by atoms with E-state index < -0.39 is 6.17 Å².